The van der Waals surface area contributed by atoms with Gasteiger partial charge in [0.05, 0.1) is 6.67 Å². The summed E-state index contributed by atoms with van der Waals surface area (Å²) in [7, 11) is 0. The molecule has 2 heterocycles. The molecule has 0 bridgehead atoms. The molecule has 3 aliphatic rings. The van der Waals surface area contributed by atoms with E-state index >= 15 is 0 Å². The van der Waals surface area contributed by atoms with E-state index in [1.165, 1.54) is 28.0 Å². The topological polar surface area (TPSA) is 33.7 Å². The number of benzene rings is 3. The number of halogens is 2. The number of alkyl halides is 1. The van der Waals surface area contributed by atoms with Gasteiger partial charge in [-0.25, -0.2) is 0 Å². The van der Waals surface area contributed by atoms with Crippen molar-refractivity contribution in [2.24, 2.45) is 0 Å². The van der Waals surface area contributed by atoms with Crippen molar-refractivity contribution in [3.8, 4) is 11.5 Å². The van der Waals surface area contributed by atoms with Gasteiger partial charge >= 0.3 is 0 Å². The summed E-state index contributed by atoms with van der Waals surface area (Å²) in [6.07, 6.45) is 6.73. The Morgan fingerprint density at radius 1 is 0.872 bits per heavy atom. The highest BCUT2D eigenvalue weighted by Gasteiger charge is 2.25. The highest BCUT2D eigenvalue weighted by Crippen LogP contribution is 2.42. The van der Waals surface area contributed by atoms with Crippen LogP contribution in [-0.2, 0) is 12.8 Å². The van der Waals surface area contributed by atoms with Crippen LogP contribution in [0.5, 0.6) is 11.5 Å². The Morgan fingerprint density at radius 3 is 2.54 bits per heavy atom. The lowest BCUT2D eigenvalue weighted by atomic mass is 9.87. The minimum atomic E-state index is -0.269. The van der Waals surface area contributed by atoms with Crippen LogP contribution in [0.2, 0.25) is 0 Å². The Bertz CT molecular complexity index is 1340. The molecule has 4 nitrogen and oxygen atoms in total. The third-order valence-corrected chi connectivity index (χ3v) is 8.29. The van der Waals surface area contributed by atoms with Gasteiger partial charge in [-0.1, -0.05) is 30.3 Å². The number of ether oxygens (including phenoxy) is 1. The Balaban J connectivity index is 1.34. The van der Waals surface area contributed by atoms with E-state index in [0.717, 1.165) is 87.1 Å². The standard InChI is InChI=1S/C33H36F2N2O2/c34-16-3-18-37-19-15-29(22-37)38-27-11-9-24(10-12-27)33-30(26-8-7-23-5-2-17-36-32(23)21-26)6-1-4-25-20-28(39-35)13-14-31(25)33/h7-14,20-21,29,36H,1-6,15-19,22H2/t29-/m0/s1. The van der Waals surface area contributed by atoms with Gasteiger partial charge in [0.25, 0.3) is 0 Å². The Morgan fingerprint density at radius 2 is 1.69 bits per heavy atom. The Hall–Kier alpha value is -3.38. The molecular weight excluding hydrogens is 494 g/mol. The predicted molar refractivity (Wildman–Crippen MR) is 153 cm³/mol. The third-order valence-electron chi connectivity index (χ3n) is 8.29. The van der Waals surface area contributed by atoms with Gasteiger partial charge in [-0.3, -0.25) is 14.2 Å². The van der Waals surface area contributed by atoms with Crippen LogP contribution in [0.4, 0.5) is 14.6 Å². The van der Waals surface area contributed by atoms with Crippen molar-refractivity contribution >= 4 is 16.8 Å². The average Bonchev–Trinajstić information content (AvgIpc) is 3.34. The van der Waals surface area contributed by atoms with Crippen LogP contribution in [0.15, 0.2) is 60.7 Å². The molecule has 2 aliphatic heterocycles. The Kier molecular flexibility index (Phi) is 7.82. The SMILES string of the molecule is FCCCN1CC[C@H](Oc2ccc(C3=C(c4ccc5c(c4)NCCC5)CCCc4cc(OF)ccc43)cc2)C1. The van der Waals surface area contributed by atoms with E-state index in [4.69, 9.17) is 4.74 Å². The summed E-state index contributed by atoms with van der Waals surface area (Å²) in [6.45, 7) is 3.33. The normalized spacial score (nSPS) is 19.2. The number of anilines is 1. The summed E-state index contributed by atoms with van der Waals surface area (Å²) >= 11 is 0. The zero-order valence-electron chi connectivity index (χ0n) is 22.4. The van der Waals surface area contributed by atoms with Crippen molar-refractivity contribution in [3.63, 3.8) is 0 Å². The lowest BCUT2D eigenvalue weighted by Crippen LogP contribution is -2.26. The van der Waals surface area contributed by atoms with E-state index in [-0.39, 0.29) is 18.5 Å². The largest absolute Gasteiger partial charge is 0.489 e. The first-order chi connectivity index (χ1) is 19.2. The van der Waals surface area contributed by atoms with Gasteiger partial charge < -0.3 is 10.1 Å². The summed E-state index contributed by atoms with van der Waals surface area (Å²) in [5.41, 5.74) is 9.69. The van der Waals surface area contributed by atoms with Crippen LogP contribution in [0.3, 0.4) is 0 Å². The van der Waals surface area contributed by atoms with E-state index in [0.29, 0.717) is 6.42 Å². The number of hydrogen-bond acceptors (Lipinski definition) is 4. The second kappa shape index (κ2) is 11.8. The smallest absolute Gasteiger partial charge is 0.172 e. The monoisotopic (exact) mass is 530 g/mol. The maximum Gasteiger partial charge on any atom is 0.172 e. The van der Waals surface area contributed by atoms with E-state index < -0.39 is 0 Å². The summed E-state index contributed by atoms with van der Waals surface area (Å²) < 4.78 is 31.9. The van der Waals surface area contributed by atoms with Crippen LogP contribution in [0.25, 0.3) is 11.1 Å². The summed E-state index contributed by atoms with van der Waals surface area (Å²) in [4.78, 5) is 6.36. The molecule has 1 N–H and O–H groups in total. The molecule has 0 unspecified atom stereocenters. The highest BCUT2D eigenvalue weighted by atomic mass is 19.3. The van der Waals surface area contributed by atoms with Crippen molar-refractivity contribution in [2.75, 3.05) is 38.2 Å². The minimum absolute atomic E-state index is 0.131. The maximum absolute atomic E-state index is 13.1. The van der Waals surface area contributed by atoms with Gasteiger partial charge in [-0.15, -0.1) is 0 Å². The van der Waals surface area contributed by atoms with E-state index in [1.807, 2.05) is 12.1 Å². The van der Waals surface area contributed by atoms with E-state index in [1.54, 1.807) is 6.07 Å². The summed E-state index contributed by atoms with van der Waals surface area (Å²) in [6, 6.07) is 20.8. The average molecular weight is 531 g/mol. The van der Waals surface area contributed by atoms with E-state index in [2.05, 4.69) is 57.6 Å². The zero-order valence-corrected chi connectivity index (χ0v) is 22.4. The third kappa shape index (κ3) is 5.67. The molecule has 0 amide bonds. The number of nitrogens with zero attached hydrogens (tertiary/aromatic N) is 1. The lowest BCUT2D eigenvalue weighted by molar-refractivity contribution is -0.00629. The molecule has 0 aromatic heterocycles. The molecule has 1 aliphatic carbocycles. The van der Waals surface area contributed by atoms with Crippen LogP contribution >= 0.6 is 0 Å². The molecule has 6 rings (SSSR count). The van der Waals surface area contributed by atoms with Gasteiger partial charge in [-0.2, -0.15) is 0 Å². The summed E-state index contributed by atoms with van der Waals surface area (Å²) in [5, 5.41) is 3.58. The molecule has 0 radical (unpaired) electrons. The predicted octanol–water partition coefficient (Wildman–Crippen LogP) is 7.42. The van der Waals surface area contributed by atoms with Gasteiger partial charge in [0.1, 0.15) is 11.9 Å². The number of aryl methyl sites for hydroxylation is 2. The number of hydrogen-bond donors (Lipinski definition) is 1. The Labute approximate surface area is 229 Å². The molecule has 204 valence electrons. The van der Waals surface area contributed by atoms with Crippen LogP contribution in [0, 0.1) is 0 Å². The zero-order chi connectivity index (χ0) is 26.6. The molecule has 1 saturated heterocycles. The van der Waals surface area contributed by atoms with Crippen LogP contribution < -0.4 is 15.0 Å². The molecule has 0 saturated carbocycles. The number of nitrogens with one attached hydrogen (secondary N) is 1. The lowest BCUT2D eigenvalue weighted by Gasteiger charge is -2.21. The van der Waals surface area contributed by atoms with Crippen molar-refractivity contribution < 1.29 is 18.6 Å². The highest BCUT2D eigenvalue weighted by molar-refractivity contribution is 6.00. The quantitative estimate of drug-likeness (QED) is 0.329. The van der Waals surface area contributed by atoms with Gasteiger partial charge in [0, 0.05) is 36.4 Å². The minimum Gasteiger partial charge on any atom is -0.489 e. The molecular formula is C33H36F2N2O2. The first-order valence-corrected chi connectivity index (χ1v) is 14.3. The number of likely N-dealkylation sites (tertiary alicyclic amines) is 1. The van der Waals surface area contributed by atoms with E-state index in [9.17, 15) is 8.92 Å². The van der Waals surface area contributed by atoms with Gasteiger partial charge in [0.2, 0.25) is 0 Å². The molecule has 3 aromatic rings. The van der Waals surface area contributed by atoms with Crippen molar-refractivity contribution in [3.05, 3.63) is 88.5 Å². The second-order valence-corrected chi connectivity index (χ2v) is 10.9. The molecule has 6 heteroatoms. The van der Waals surface area contributed by atoms with Crippen molar-refractivity contribution in [2.45, 2.75) is 51.0 Å². The molecule has 1 atom stereocenters. The molecule has 0 spiro atoms. The number of fused-ring (bicyclic) bond motifs is 2. The maximum atomic E-state index is 13.1. The molecule has 39 heavy (non-hydrogen) atoms. The number of allylic oxidation sites excluding steroid dienone is 1. The molecule has 1 fully saturated rings. The fraction of sp³-hybridized carbons (Fsp3) is 0.394. The fourth-order valence-electron chi connectivity index (χ4n) is 6.35. The molecule has 3 aromatic carbocycles. The summed E-state index contributed by atoms with van der Waals surface area (Å²) in [5.74, 6) is 1.10. The second-order valence-electron chi connectivity index (χ2n) is 10.9. The van der Waals surface area contributed by atoms with Crippen LogP contribution in [-0.4, -0.2) is 43.9 Å². The van der Waals surface area contributed by atoms with Crippen LogP contribution in [0.1, 0.15) is 59.9 Å². The van der Waals surface area contributed by atoms with Gasteiger partial charge in [0.15, 0.2) is 5.75 Å². The van der Waals surface area contributed by atoms with Crippen molar-refractivity contribution in [1.82, 2.24) is 4.90 Å². The number of rotatable bonds is 8. The first-order valence-electron chi connectivity index (χ1n) is 14.3. The van der Waals surface area contributed by atoms with Gasteiger partial charge in [-0.05, 0) is 114 Å². The van der Waals surface area contributed by atoms with Crippen molar-refractivity contribution in [1.29, 1.82) is 0 Å². The fourth-order valence-corrected chi connectivity index (χ4v) is 6.35. The first kappa shape index (κ1) is 25.9.